The molecule has 0 bridgehead atoms. The molecule has 1 aromatic carbocycles. The van der Waals surface area contributed by atoms with Gasteiger partial charge in [-0.05, 0) is 24.3 Å². The zero-order chi connectivity index (χ0) is 17.6. The lowest BCUT2D eigenvalue weighted by atomic mass is 10.2. The Bertz CT molecular complexity index is 860. The molecule has 2 rings (SSSR count). The van der Waals surface area contributed by atoms with Crippen molar-refractivity contribution in [2.75, 3.05) is 23.7 Å². The number of benzene rings is 1. The SMILES string of the molecule is CS(=O)(=O)N(CCNC(=O)c1cccnc1)c1ccccc1C#N. The molecule has 0 fully saturated rings. The lowest BCUT2D eigenvalue weighted by Crippen LogP contribution is -2.38. The molecule has 0 aliphatic carbocycles. The highest BCUT2D eigenvalue weighted by Gasteiger charge is 2.20. The summed E-state index contributed by atoms with van der Waals surface area (Å²) in [5, 5.41) is 11.8. The molecule has 7 nitrogen and oxygen atoms in total. The molecule has 0 unspecified atom stereocenters. The van der Waals surface area contributed by atoms with Gasteiger partial charge in [-0.2, -0.15) is 5.26 Å². The molecular weight excluding hydrogens is 328 g/mol. The first kappa shape index (κ1) is 17.4. The molecule has 1 N–H and O–H groups in total. The van der Waals surface area contributed by atoms with Crippen molar-refractivity contribution in [3.63, 3.8) is 0 Å². The minimum atomic E-state index is -3.59. The average Bonchev–Trinajstić information content (AvgIpc) is 2.58. The van der Waals surface area contributed by atoms with Crippen LogP contribution < -0.4 is 9.62 Å². The molecule has 1 aromatic heterocycles. The number of anilines is 1. The number of pyridine rings is 1. The molecule has 0 atom stereocenters. The quantitative estimate of drug-likeness (QED) is 0.846. The van der Waals surface area contributed by atoms with E-state index in [1.54, 1.807) is 42.6 Å². The normalized spacial score (nSPS) is 10.7. The molecule has 8 heteroatoms. The number of nitriles is 1. The highest BCUT2D eigenvalue weighted by molar-refractivity contribution is 7.92. The van der Waals surface area contributed by atoms with E-state index in [0.717, 1.165) is 10.6 Å². The van der Waals surface area contributed by atoms with Crippen LogP contribution in [0.2, 0.25) is 0 Å². The van der Waals surface area contributed by atoms with Gasteiger partial charge in [0.15, 0.2) is 0 Å². The fourth-order valence-electron chi connectivity index (χ4n) is 2.12. The maximum atomic E-state index is 12.0. The van der Waals surface area contributed by atoms with Gasteiger partial charge in [-0.25, -0.2) is 8.42 Å². The van der Waals surface area contributed by atoms with Crippen molar-refractivity contribution in [1.29, 1.82) is 5.26 Å². The number of amides is 1. The van der Waals surface area contributed by atoms with Gasteiger partial charge in [-0.15, -0.1) is 0 Å². The Kier molecular flexibility index (Phi) is 5.50. The number of aromatic nitrogens is 1. The summed E-state index contributed by atoms with van der Waals surface area (Å²) < 4.78 is 25.2. The lowest BCUT2D eigenvalue weighted by Gasteiger charge is -2.23. The van der Waals surface area contributed by atoms with Crippen molar-refractivity contribution in [3.8, 4) is 6.07 Å². The van der Waals surface area contributed by atoms with Crippen LogP contribution in [-0.2, 0) is 10.0 Å². The minimum absolute atomic E-state index is 0.0174. The molecule has 0 saturated carbocycles. The molecule has 1 heterocycles. The maximum absolute atomic E-state index is 12.0. The molecule has 0 aliphatic heterocycles. The Balaban J connectivity index is 2.12. The number of nitrogens with one attached hydrogen (secondary N) is 1. The Morgan fingerprint density at radius 1 is 1.29 bits per heavy atom. The fraction of sp³-hybridized carbons (Fsp3) is 0.188. The second kappa shape index (κ2) is 7.57. The Morgan fingerprint density at radius 3 is 2.67 bits per heavy atom. The first-order chi connectivity index (χ1) is 11.4. The largest absolute Gasteiger partial charge is 0.350 e. The van der Waals surface area contributed by atoms with Crippen molar-refractivity contribution in [3.05, 3.63) is 59.9 Å². The summed E-state index contributed by atoms with van der Waals surface area (Å²) in [6.45, 7) is 0.115. The van der Waals surface area contributed by atoms with Crippen LogP contribution in [0.15, 0.2) is 48.8 Å². The monoisotopic (exact) mass is 344 g/mol. The number of carbonyl (C=O) groups excluding carboxylic acids is 1. The van der Waals surface area contributed by atoms with E-state index in [2.05, 4.69) is 10.3 Å². The number of hydrogen-bond acceptors (Lipinski definition) is 5. The zero-order valence-electron chi connectivity index (χ0n) is 13.0. The standard InChI is InChI=1S/C16H16N4O3S/c1-24(22,23)20(15-7-3-2-5-13(15)11-17)10-9-19-16(21)14-6-4-8-18-12-14/h2-8,12H,9-10H2,1H3,(H,19,21). The van der Waals surface area contributed by atoms with E-state index in [9.17, 15) is 13.2 Å². The van der Waals surface area contributed by atoms with Crippen LogP contribution in [0.1, 0.15) is 15.9 Å². The third kappa shape index (κ3) is 4.30. The van der Waals surface area contributed by atoms with Crippen LogP contribution in [0, 0.1) is 11.3 Å². The number of sulfonamides is 1. The second-order valence-electron chi connectivity index (χ2n) is 4.96. The first-order valence-corrected chi connectivity index (χ1v) is 8.93. The van der Waals surface area contributed by atoms with E-state index in [-0.39, 0.29) is 30.2 Å². The van der Waals surface area contributed by atoms with Gasteiger partial charge in [0.25, 0.3) is 5.91 Å². The lowest BCUT2D eigenvalue weighted by molar-refractivity contribution is 0.0954. The molecule has 24 heavy (non-hydrogen) atoms. The van der Waals surface area contributed by atoms with Crippen LogP contribution in [0.4, 0.5) is 5.69 Å². The van der Waals surface area contributed by atoms with Crippen molar-refractivity contribution < 1.29 is 13.2 Å². The molecule has 124 valence electrons. The summed E-state index contributed by atoms with van der Waals surface area (Å²) in [6, 6.07) is 11.6. The maximum Gasteiger partial charge on any atom is 0.252 e. The van der Waals surface area contributed by atoms with Crippen LogP contribution in [0.5, 0.6) is 0 Å². The van der Waals surface area contributed by atoms with Crippen LogP contribution in [-0.4, -0.2) is 38.7 Å². The van der Waals surface area contributed by atoms with E-state index in [0.29, 0.717) is 5.56 Å². The summed E-state index contributed by atoms with van der Waals surface area (Å²) in [7, 11) is -3.59. The molecule has 0 spiro atoms. The van der Waals surface area contributed by atoms with Crippen molar-refractivity contribution in [2.45, 2.75) is 0 Å². The molecule has 0 radical (unpaired) electrons. The predicted molar refractivity (Wildman–Crippen MR) is 89.9 cm³/mol. The van der Waals surface area contributed by atoms with Gasteiger partial charge < -0.3 is 5.32 Å². The van der Waals surface area contributed by atoms with Gasteiger partial charge in [0.2, 0.25) is 10.0 Å². The highest BCUT2D eigenvalue weighted by atomic mass is 32.2. The van der Waals surface area contributed by atoms with Crippen LogP contribution in [0.25, 0.3) is 0 Å². The smallest absolute Gasteiger partial charge is 0.252 e. The Morgan fingerprint density at radius 2 is 2.04 bits per heavy atom. The number of para-hydroxylation sites is 1. The van der Waals surface area contributed by atoms with Gasteiger partial charge in [0.1, 0.15) is 6.07 Å². The molecule has 0 saturated heterocycles. The van der Waals surface area contributed by atoms with Gasteiger partial charge in [0.05, 0.1) is 29.6 Å². The molecule has 0 aliphatic rings. The summed E-state index contributed by atoms with van der Waals surface area (Å²) in [4.78, 5) is 15.8. The summed E-state index contributed by atoms with van der Waals surface area (Å²) in [6.07, 6.45) is 4.04. The summed E-state index contributed by atoms with van der Waals surface area (Å²) in [5.41, 5.74) is 0.931. The van der Waals surface area contributed by atoms with Gasteiger partial charge in [0, 0.05) is 18.9 Å². The van der Waals surface area contributed by atoms with Gasteiger partial charge in [-0.3, -0.25) is 14.1 Å². The summed E-state index contributed by atoms with van der Waals surface area (Å²) >= 11 is 0. The van der Waals surface area contributed by atoms with Crippen molar-refractivity contribution >= 4 is 21.6 Å². The minimum Gasteiger partial charge on any atom is -0.350 e. The van der Waals surface area contributed by atoms with Crippen molar-refractivity contribution in [1.82, 2.24) is 10.3 Å². The summed E-state index contributed by atoms with van der Waals surface area (Å²) in [5.74, 6) is -0.342. The predicted octanol–water partition coefficient (Wildman–Crippen LogP) is 1.15. The second-order valence-corrected chi connectivity index (χ2v) is 6.87. The van der Waals surface area contributed by atoms with E-state index in [1.807, 2.05) is 6.07 Å². The highest BCUT2D eigenvalue weighted by Crippen LogP contribution is 2.21. The van der Waals surface area contributed by atoms with Crippen LogP contribution in [0.3, 0.4) is 0 Å². The molecular formula is C16H16N4O3S. The van der Waals surface area contributed by atoms with E-state index >= 15 is 0 Å². The molecule has 2 aromatic rings. The number of hydrogen-bond donors (Lipinski definition) is 1. The van der Waals surface area contributed by atoms with E-state index < -0.39 is 10.0 Å². The Hall–Kier alpha value is -2.92. The average molecular weight is 344 g/mol. The number of rotatable bonds is 6. The van der Waals surface area contributed by atoms with Gasteiger partial charge >= 0.3 is 0 Å². The Labute approximate surface area is 140 Å². The first-order valence-electron chi connectivity index (χ1n) is 7.08. The molecule has 1 amide bonds. The third-order valence-electron chi connectivity index (χ3n) is 3.22. The number of carbonyl (C=O) groups is 1. The zero-order valence-corrected chi connectivity index (χ0v) is 13.8. The van der Waals surface area contributed by atoms with Crippen LogP contribution >= 0.6 is 0 Å². The van der Waals surface area contributed by atoms with E-state index in [4.69, 9.17) is 5.26 Å². The third-order valence-corrected chi connectivity index (χ3v) is 4.40. The van der Waals surface area contributed by atoms with E-state index in [1.165, 1.54) is 6.20 Å². The fourth-order valence-corrected chi connectivity index (χ4v) is 3.06. The topological polar surface area (TPSA) is 103 Å². The van der Waals surface area contributed by atoms with Gasteiger partial charge in [-0.1, -0.05) is 12.1 Å². The number of nitrogens with zero attached hydrogens (tertiary/aromatic N) is 3. The van der Waals surface area contributed by atoms with Crippen molar-refractivity contribution in [2.24, 2.45) is 0 Å².